The van der Waals surface area contributed by atoms with Crippen LogP contribution in [0.4, 0.5) is 0 Å². The number of primary amides is 1. The minimum absolute atomic E-state index is 0.0289. The Hall–Kier alpha value is -4.68. The molecule has 29 nitrogen and oxygen atoms in total. The first-order chi connectivity index (χ1) is 49.0. The van der Waals surface area contributed by atoms with E-state index in [9.17, 15) is 43.5 Å². The van der Waals surface area contributed by atoms with Gasteiger partial charge in [-0.15, -0.1) is 0 Å². The second-order valence-electron chi connectivity index (χ2n) is 24.4. The highest BCUT2D eigenvalue weighted by Gasteiger charge is 2.30. The topological polar surface area (TPSA) is 406 Å². The molecule has 0 bridgehead atoms. The number of halogens is 1. The fraction of sp³-hybridized carbons (Fsp3) is 0.786. The summed E-state index contributed by atoms with van der Waals surface area (Å²) < 4.78 is 66.3. The molecular formula is C70H121BrN8O21S. The van der Waals surface area contributed by atoms with Gasteiger partial charge in [-0.05, 0) is 87.4 Å². The van der Waals surface area contributed by atoms with Crippen molar-refractivity contribution in [3.8, 4) is 5.75 Å². The van der Waals surface area contributed by atoms with Crippen molar-refractivity contribution in [2.45, 2.75) is 135 Å². The highest BCUT2D eigenvalue weighted by molar-refractivity contribution is 9.09. The van der Waals surface area contributed by atoms with Crippen LogP contribution in [0, 0.1) is 17.8 Å². The molecule has 580 valence electrons. The minimum atomic E-state index is -0.803. The van der Waals surface area contributed by atoms with E-state index >= 15 is 0 Å². The SMILES string of the molecule is CC[C@H](C)[C@@H]1NC(=O)CCC(=O)CSC[C@@H](C(=O)CC[C@@H](CCCN=C(N)N)CN[C@@H](Cc2ccc(O)cc2)C(N)=O)NCC(=O)[C@H](CCCCNC(=O)CCOCCOCCOCCOCCOCCOCCOCCOCCOCCOCCOCCOCCCC(=O)CBr)CCC1=O. The molecule has 11 N–H and O–H groups in total. The number of hydrogen-bond donors (Lipinski definition) is 8. The summed E-state index contributed by atoms with van der Waals surface area (Å²) in [5.74, 6) is -2.25. The van der Waals surface area contributed by atoms with Crippen LogP contribution in [0.3, 0.4) is 0 Å². The van der Waals surface area contributed by atoms with Crippen LogP contribution in [0.15, 0.2) is 29.3 Å². The first-order valence-electron chi connectivity index (χ1n) is 35.9. The third-order valence-corrected chi connectivity index (χ3v) is 17.9. The molecule has 101 heavy (non-hydrogen) atoms. The summed E-state index contributed by atoms with van der Waals surface area (Å²) in [6, 6.07) is 4.18. The van der Waals surface area contributed by atoms with Gasteiger partial charge in [0.2, 0.25) is 17.7 Å². The van der Waals surface area contributed by atoms with Gasteiger partial charge in [-0.25, -0.2) is 0 Å². The molecule has 0 saturated carbocycles. The number of hydrogen-bond acceptors (Lipinski definition) is 25. The molecule has 0 aromatic heterocycles. The third kappa shape index (κ3) is 52.9. The van der Waals surface area contributed by atoms with Crippen LogP contribution in [-0.2, 0) is 102 Å². The van der Waals surface area contributed by atoms with Gasteiger partial charge in [0.1, 0.15) is 23.1 Å². The Bertz CT molecular complexity index is 2390. The number of carbonyl (C=O) groups is 8. The minimum Gasteiger partial charge on any atom is -0.508 e. The van der Waals surface area contributed by atoms with Crippen molar-refractivity contribution in [2.24, 2.45) is 39.9 Å². The number of phenols is 1. The lowest BCUT2D eigenvalue weighted by Gasteiger charge is -2.24. The van der Waals surface area contributed by atoms with Crippen molar-refractivity contribution in [3.63, 3.8) is 0 Å². The molecule has 1 aromatic carbocycles. The molecule has 6 atom stereocenters. The zero-order chi connectivity index (χ0) is 73.6. The highest BCUT2D eigenvalue weighted by Crippen LogP contribution is 2.22. The Kier molecular flexibility index (Phi) is 58.3. The molecule has 0 radical (unpaired) electrons. The van der Waals surface area contributed by atoms with E-state index in [0.717, 1.165) is 12.0 Å². The number of ketones is 5. The molecule has 1 aliphatic heterocycles. The van der Waals surface area contributed by atoms with Crippen molar-refractivity contribution in [3.05, 3.63) is 29.8 Å². The molecule has 3 amide bonds. The number of aliphatic imine (C=N–C) groups is 1. The summed E-state index contributed by atoms with van der Waals surface area (Å²) in [6.07, 6.45) is 5.73. The van der Waals surface area contributed by atoms with Crippen molar-refractivity contribution in [1.82, 2.24) is 21.3 Å². The molecule has 1 fully saturated rings. The molecule has 0 unspecified atom stereocenters. The molecular weight excluding hydrogens is 1400 g/mol. The first kappa shape index (κ1) is 92.4. The van der Waals surface area contributed by atoms with Gasteiger partial charge in [0.15, 0.2) is 17.5 Å². The average Bonchev–Trinajstić information content (AvgIpc) is 1.59. The first-order valence-corrected chi connectivity index (χ1v) is 38.1. The Morgan fingerprint density at radius 1 is 0.634 bits per heavy atom. The van der Waals surface area contributed by atoms with Gasteiger partial charge in [0, 0.05) is 69.9 Å². The molecule has 1 aliphatic rings. The lowest BCUT2D eigenvalue weighted by Crippen LogP contribution is -2.45. The van der Waals surface area contributed by atoms with E-state index in [-0.39, 0.29) is 128 Å². The number of aromatic hydroxyl groups is 1. The lowest BCUT2D eigenvalue weighted by molar-refractivity contribution is -0.130. The number of alkyl halides is 1. The van der Waals surface area contributed by atoms with E-state index in [0.29, 0.717) is 228 Å². The molecule has 2 rings (SSSR count). The van der Waals surface area contributed by atoms with Crippen LogP contribution in [0.1, 0.15) is 116 Å². The number of unbranched alkanes of at least 4 members (excludes halogenated alkanes) is 1. The van der Waals surface area contributed by atoms with E-state index in [1.807, 2.05) is 13.8 Å². The number of Topliss-reactive ketones (excluding diaryl/α,β-unsaturated/α-hetero) is 5. The van der Waals surface area contributed by atoms with Gasteiger partial charge in [-0.2, -0.15) is 11.8 Å². The lowest BCUT2D eigenvalue weighted by atomic mass is 9.87. The van der Waals surface area contributed by atoms with Gasteiger partial charge < -0.3 is 95.1 Å². The van der Waals surface area contributed by atoms with E-state index in [1.54, 1.807) is 12.1 Å². The quantitative estimate of drug-likeness (QED) is 0.0201. The molecule has 0 spiro atoms. The fourth-order valence-corrected chi connectivity index (χ4v) is 11.4. The number of thioether (sulfide) groups is 1. The highest BCUT2D eigenvalue weighted by atomic mass is 79.9. The maximum absolute atomic E-state index is 14.2. The second kappa shape index (κ2) is 63.8. The van der Waals surface area contributed by atoms with Crippen LogP contribution in [0.2, 0.25) is 0 Å². The standard InChI is InChI=1S/C70H121BrN8O21S/c1-3-54(2)68-64(84)19-14-57(65(85)51-78-62(53-101-52-60(82)17-20-67(87)79-68)63(83)18-13-56(8-6-23-76-70(73)74)50-77-61(69(72)88)48-55-11-15-58(80)16-12-55)9-4-5-22-75-66(86)21-25-90-27-29-92-31-33-94-35-37-96-39-41-98-43-45-100-47-46-99-44-42-97-40-38-95-36-34-93-32-30-91-28-26-89-24-7-10-59(81)49-71/h11-12,15-16,54,56-57,61-62,68,77-78,80H,3-10,13-14,17-53H2,1-2H3,(H2,72,88)(H,75,86)(H,79,87)(H4,73,74,76)/t54-,56+,57+,61-,62-,68-/m0/s1. The number of guanidine groups is 1. The number of carbonyl (C=O) groups excluding carboxylic acids is 8. The predicted molar refractivity (Wildman–Crippen MR) is 387 cm³/mol. The summed E-state index contributed by atoms with van der Waals surface area (Å²) in [7, 11) is 0. The number of nitrogens with two attached hydrogens (primary N) is 3. The number of amides is 3. The Morgan fingerprint density at radius 3 is 1.64 bits per heavy atom. The van der Waals surface area contributed by atoms with E-state index < -0.39 is 35.9 Å². The fourth-order valence-electron chi connectivity index (χ4n) is 10.1. The number of benzene rings is 1. The summed E-state index contributed by atoms with van der Waals surface area (Å²) in [4.78, 5) is 109. The number of nitrogens with one attached hydrogen (secondary N) is 4. The van der Waals surface area contributed by atoms with Gasteiger partial charge in [-0.1, -0.05) is 54.8 Å². The van der Waals surface area contributed by atoms with Crippen molar-refractivity contribution >= 4 is 80.3 Å². The summed E-state index contributed by atoms with van der Waals surface area (Å²) in [5.41, 5.74) is 17.7. The largest absolute Gasteiger partial charge is 0.508 e. The van der Waals surface area contributed by atoms with Gasteiger partial charge in [0.25, 0.3) is 0 Å². The number of nitrogens with zero attached hydrogens (tertiary/aromatic N) is 1. The molecule has 0 aliphatic carbocycles. The Morgan fingerprint density at radius 2 is 1.15 bits per heavy atom. The van der Waals surface area contributed by atoms with E-state index in [4.69, 9.17) is 74.0 Å². The van der Waals surface area contributed by atoms with Crippen molar-refractivity contribution in [1.29, 1.82) is 0 Å². The van der Waals surface area contributed by atoms with Gasteiger partial charge >= 0.3 is 0 Å². The summed E-state index contributed by atoms with van der Waals surface area (Å²) >= 11 is 4.39. The maximum atomic E-state index is 14.2. The van der Waals surface area contributed by atoms with Crippen LogP contribution < -0.4 is 38.5 Å². The number of rotatable bonds is 62. The monoisotopic (exact) mass is 1520 g/mol. The summed E-state index contributed by atoms with van der Waals surface area (Å²) in [5, 5.41) is 22.4. The van der Waals surface area contributed by atoms with Crippen molar-refractivity contribution < 1.29 is 100 Å². The van der Waals surface area contributed by atoms with E-state index in [1.165, 1.54) is 23.9 Å². The van der Waals surface area contributed by atoms with Crippen molar-refractivity contribution in [2.75, 3.05) is 202 Å². The third-order valence-electron chi connectivity index (χ3n) is 16.2. The molecule has 1 heterocycles. The van der Waals surface area contributed by atoms with E-state index in [2.05, 4.69) is 42.2 Å². The molecule has 1 aromatic rings. The predicted octanol–water partition coefficient (Wildman–Crippen LogP) is 3.14. The molecule has 31 heteroatoms. The normalized spacial score (nSPS) is 16.9. The maximum Gasteiger partial charge on any atom is 0.234 e. The van der Waals surface area contributed by atoms with Crippen LogP contribution >= 0.6 is 27.7 Å². The smallest absolute Gasteiger partial charge is 0.234 e. The number of ether oxygens (including phenoxy) is 12. The second-order valence-corrected chi connectivity index (χ2v) is 26.0. The Labute approximate surface area is 610 Å². The Balaban J connectivity index is 1.62. The van der Waals surface area contributed by atoms with Gasteiger partial charge in [-0.3, -0.25) is 48.7 Å². The van der Waals surface area contributed by atoms with Gasteiger partial charge in [0.05, 0.1) is 188 Å². The number of phenolic OH excluding ortho intramolecular Hbond substituents is 1. The zero-order valence-electron chi connectivity index (χ0n) is 60.1. The molecule has 1 saturated heterocycles. The van der Waals surface area contributed by atoms with Crippen LogP contribution in [0.5, 0.6) is 5.75 Å². The summed E-state index contributed by atoms with van der Waals surface area (Å²) in [6.45, 7) is 15.1. The zero-order valence-corrected chi connectivity index (χ0v) is 62.5. The van der Waals surface area contributed by atoms with Crippen LogP contribution in [0.25, 0.3) is 0 Å². The average molecular weight is 1520 g/mol. The van der Waals surface area contributed by atoms with Crippen LogP contribution in [-0.4, -0.2) is 277 Å².